The number of nitrogens with one attached hydrogen (secondary N) is 2. The minimum atomic E-state index is -0.424. The summed E-state index contributed by atoms with van der Waals surface area (Å²) in [5, 5.41) is 24.8. The van der Waals surface area contributed by atoms with Gasteiger partial charge in [0.15, 0.2) is 0 Å². The fourth-order valence-electron chi connectivity index (χ4n) is 1.80. The summed E-state index contributed by atoms with van der Waals surface area (Å²) >= 11 is 0. The van der Waals surface area contributed by atoms with Crippen molar-refractivity contribution in [1.29, 1.82) is 0 Å². The predicted octanol–water partition coefficient (Wildman–Crippen LogP) is 1.28. The van der Waals surface area contributed by atoms with Crippen molar-refractivity contribution < 1.29 is 4.92 Å². The van der Waals surface area contributed by atoms with Crippen molar-refractivity contribution in [2.24, 2.45) is 7.05 Å². The number of hydrogen-bond acceptors (Lipinski definition) is 5. The Hall–Kier alpha value is -2.38. The van der Waals surface area contributed by atoms with Gasteiger partial charge in [0.05, 0.1) is 11.1 Å². The van der Waals surface area contributed by atoms with Crippen molar-refractivity contribution >= 4 is 11.5 Å². The van der Waals surface area contributed by atoms with Crippen molar-refractivity contribution in [3.63, 3.8) is 0 Å². The molecule has 2 rings (SSSR count). The van der Waals surface area contributed by atoms with Gasteiger partial charge in [0.1, 0.15) is 5.69 Å². The highest BCUT2D eigenvalue weighted by atomic mass is 16.6. The van der Waals surface area contributed by atoms with Gasteiger partial charge in [-0.2, -0.15) is 10.2 Å². The molecule has 0 spiro atoms. The van der Waals surface area contributed by atoms with Gasteiger partial charge >= 0.3 is 5.69 Å². The normalized spacial score (nSPS) is 10.6. The molecule has 2 aromatic heterocycles. The van der Waals surface area contributed by atoms with E-state index in [0.717, 1.165) is 11.3 Å². The molecular formula is C10H14N6O2. The summed E-state index contributed by atoms with van der Waals surface area (Å²) in [7, 11) is 1.67. The number of rotatable bonds is 4. The molecule has 0 aliphatic carbocycles. The summed E-state index contributed by atoms with van der Waals surface area (Å²) in [6, 6.07) is 0. The Labute approximate surface area is 103 Å². The molecule has 0 atom stereocenters. The van der Waals surface area contributed by atoms with E-state index >= 15 is 0 Å². The molecule has 2 aromatic rings. The fraction of sp³-hybridized carbons (Fsp3) is 0.400. The topological polar surface area (TPSA) is 102 Å². The van der Waals surface area contributed by atoms with E-state index in [1.54, 1.807) is 20.2 Å². The Morgan fingerprint density at radius 3 is 2.83 bits per heavy atom. The van der Waals surface area contributed by atoms with Gasteiger partial charge in [-0.15, -0.1) is 0 Å². The summed E-state index contributed by atoms with van der Waals surface area (Å²) in [6.07, 6.45) is 1.69. The first-order valence-corrected chi connectivity index (χ1v) is 5.41. The summed E-state index contributed by atoms with van der Waals surface area (Å²) in [4.78, 5) is 10.6. The minimum absolute atomic E-state index is 0.0126. The lowest BCUT2D eigenvalue weighted by Gasteiger charge is -2.05. The zero-order valence-electron chi connectivity index (χ0n) is 10.4. The highest BCUT2D eigenvalue weighted by Gasteiger charge is 2.23. The molecule has 0 radical (unpaired) electrons. The van der Waals surface area contributed by atoms with E-state index in [1.165, 1.54) is 4.68 Å². The Kier molecular flexibility index (Phi) is 3.00. The second-order valence-electron chi connectivity index (χ2n) is 4.04. The van der Waals surface area contributed by atoms with Crippen LogP contribution < -0.4 is 5.32 Å². The maximum Gasteiger partial charge on any atom is 0.333 e. The average Bonchev–Trinajstić information content (AvgIpc) is 2.79. The molecule has 8 nitrogen and oxygen atoms in total. The summed E-state index contributed by atoms with van der Waals surface area (Å²) < 4.78 is 1.48. The molecule has 0 saturated heterocycles. The maximum atomic E-state index is 11.0. The highest BCUT2D eigenvalue weighted by molar-refractivity contribution is 5.59. The van der Waals surface area contributed by atoms with E-state index in [4.69, 9.17) is 0 Å². The number of H-pyrrole nitrogens is 1. The molecule has 2 N–H and O–H groups in total. The third-order valence-corrected chi connectivity index (χ3v) is 2.75. The third kappa shape index (κ3) is 2.04. The molecule has 0 fully saturated rings. The second kappa shape index (κ2) is 4.47. The maximum absolute atomic E-state index is 11.0. The SMILES string of the molecule is Cc1nn(C)c(NCc2cn[nH]c2C)c1[N+](=O)[O-]. The molecule has 0 aromatic carbocycles. The second-order valence-corrected chi connectivity index (χ2v) is 4.04. The smallest absolute Gasteiger partial charge is 0.333 e. The van der Waals surface area contributed by atoms with Crippen molar-refractivity contribution in [1.82, 2.24) is 20.0 Å². The zero-order chi connectivity index (χ0) is 13.3. The number of anilines is 1. The summed E-state index contributed by atoms with van der Waals surface area (Å²) in [5.41, 5.74) is 2.31. The number of aryl methyl sites for hydroxylation is 3. The molecule has 18 heavy (non-hydrogen) atoms. The van der Waals surface area contributed by atoms with Gasteiger partial charge in [-0.25, -0.2) is 4.68 Å². The lowest BCUT2D eigenvalue weighted by molar-refractivity contribution is -0.384. The van der Waals surface area contributed by atoms with E-state index in [-0.39, 0.29) is 5.69 Å². The van der Waals surface area contributed by atoms with Crippen molar-refractivity contribution in [2.45, 2.75) is 20.4 Å². The first-order valence-electron chi connectivity index (χ1n) is 5.41. The van der Waals surface area contributed by atoms with Crippen molar-refractivity contribution in [2.75, 3.05) is 5.32 Å². The van der Waals surface area contributed by atoms with Gasteiger partial charge in [-0.05, 0) is 13.8 Å². The van der Waals surface area contributed by atoms with Crippen LogP contribution in [0.15, 0.2) is 6.20 Å². The van der Waals surface area contributed by atoms with E-state index < -0.39 is 4.92 Å². The van der Waals surface area contributed by atoms with Crippen LogP contribution >= 0.6 is 0 Å². The van der Waals surface area contributed by atoms with Gasteiger partial charge < -0.3 is 5.32 Å². The molecular weight excluding hydrogens is 236 g/mol. The molecule has 8 heteroatoms. The van der Waals surface area contributed by atoms with Crippen LogP contribution in [-0.2, 0) is 13.6 Å². The Balaban J connectivity index is 2.24. The van der Waals surface area contributed by atoms with Crippen LogP contribution in [0.2, 0.25) is 0 Å². The number of hydrogen-bond donors (Lipinski definition) is 2. The standard InChI is InChI=1S/C10H14N6O2/c1-6-8(5-12-13-6)4-11-10-9(16(17)18)7(2)14-15(10)3/h5,11H,4H2,1-3H3,(H,12,13). The van der Waals surface area contributed by atoms with Gasteiger partial charge in [0.25, 0.3) is 0 Å². The quantitative estimate of drug-likeness (QED) is 0.628. The number of nitro groups is 1. The molecule has 2 heterocycles. The number of aromatic amines is 1. The summed E-state index contributed by atoms with van der Waals surface area (Å²) in [5.74, 6) is 0.401. The predicted molar refractivity (Wildman–Crippen MR) is 65.3 cm³/mol. The highest BCUT2D eigenvalue weighted by Crippen LogP contribution is 2.27. The number of aromatic nitrogens is 4. The van der Waals surface area contributed by atoms with Crippen molar-refractivity contribution in [3.05, 3.63) is 33.3 Å². The van der Waals surface area contributed by atoms with Crippen LogP contribution in [0.1, 0.15) is 17.0 Å². The summed E-state index contributed by atoms with van der Waals surface area (Å²) in [6.45, 7) is 3.97. The lowest BCUT2D eigenvalue weighted by atomic mass is 10.2. The van der Waals surface area contributed by atoms with Gasteiger partial charge in [-0.3, -0.25) is 15.2 Å². The Morgan fingerprint density at radius 1 is 1.56 bits per heavy atom. The fourth-order valence-corrected chi connectivity index (χ4v) is 1.80. The minimum Gasteiger partial charge on any atom is -0.360 e. The zero-order valence-corrected chi connectivity index (χ0v) is 10.4. The molecule has 0 bridgehead atoms. The van der Waals surface area contributed by atoms with Crippen LogP contribution in [-0.4, -0.2) is 24.9 Å². The van der Waals surface area contributed by atoms with Crippen LogP contribution in [0, 0.1) is 24.0 Å². The molecule has 96 valence electrons. The molecule has 0 aliphatic rings. The monoisotopic (exact) mass is 250 g/mol. The van der Waals surface area contributed by atoms with E-state index in [9.17, 15) is 10.1 Å². The van der Waals surface area contributed by atoms with E-state index in [2.05, 4.69) is 20.6 Å². The third-order valence-electron chi connectivity index (χ3n) is 2.75. The molecule has 0 unspecified atom stereocenters. The average molecular weight is 250 g/mol. The molecule has 0 saturated carbocycles. The van der Waals surface area contributed by atoms with E-state index in [1.807, 2.05) is 6.92 Å². The van der Waals surface area contributed by atoms with E-state index in [0.29, 0.717) is 18.1 Å². The Morgan fingerprint density at radius 2 is 2.28 bits per heavy atom. The van der Waals surface area contributed by atoms with Crippen LogP contribution in [0.3, 0.4) is 0 Å². The van der Waals surface area contributed by atoms with Crippen LogP contribution in [0.25, 0.3) is 0 Å². The first-order chi connectivity index (χ1) is 8.50. The van der Waals surface area contributed by atoms with Gasteiger partial charge in [0.2, 0.25) is 5.82 Å². The van der Waals surface area contributed by atoms with Crippen molar-refractivity contribution in [3.8, 4) is 0 Å². The van der Waals surface area contributed by atoms with Gasteiger partial charge in [0, 0.05) is 24.8 Å². The molecule has 0 aliphatic heterocycles. The first kappa shape index (κ1) is 12.1. The largest absolute Gasteiger partial charge is 0.360 e. The van der Waals surface area contributed by atoms with Crippen LogP contribution in [0.5, 0.6) is 0 Å². The molecule has 0 amide bonds. The van der Waals surface area contributed by atoms with Gasteiger partial charge in [-0.1, -0.05) is 0 Å². The lowest BCUT2D eigenvalue weighted by Crippen LogP contribution is -2.06. The van der Waals surface area contributed by atoms with Crippen LogP contribution in [0.4, 0.5) is 11.5 Å². The number of nitrogens with zero attached hydrogens (tertiary/aromatic N) is 4. The Bertz CT molecular complexity index is 585.